The molecule has 142 valence electrons. The minimum absolute atomic E-state index is 0.0169. The highest BCUT2D eigenvalue weighted by Gasteiger charge is 2.22. The first-order valence-electron chi connectivity index (χ1n) is 9.45. The van der Waals surface area contributed by atoms with Crippen LogP contribution in [0.15, 0.2) is 48.5 Å². The van der Waals surface area contributed by atoms with E-state index in [2.05, 4.69) is 27.7 Å². The molecule has 1 unspecified atom stereocenters. The van der Waals surface area contributed by atoms with E-state index in [0.29, 0.717) is 6.54 Å². The third-order valence-corrected chi connectivity index (χ3v) is 4.97. The number of nitrogens with zero attached hydrogens (tertiary/aromatic N) is 1. The Kier molecular flexibility index (Phi) is 5.55. The summed E-state index contributed by atoms with van der Waals surface area (Å²) in [6.45, 7) is 4.65. The van der Waals surface area contributed by atoms with E-state index in [9.17, 15) is 4.79 Å². The number of nitrogens with one attached hydrogen (secondary N) is 2. The van der Waals surface area contributed by atoms with Gasteiger partial charge in [0, 0.05) is 31.7 Å². The lowest BCUT2D eigenvalue weighted by molar-refractivity contribution is 0.0343. The molecule has 0 aromatic heterocycles. The smallest absolute Gasteiger partial charge is 0.319 e. The molecule has 1 fully saturated rings. The lowest BCUT2D eigenvalue weighted by atomic mass is 10.1. The van der Waals surface area contributed by atoms with Crippen LogP contribution < -0.4 is 15.4 Å². The summed E-state index contributed by atoms with van der Waals surface area (Å²) < 4.78 is 11.3. The largest absolute Gasteiger partial charge is 0.488 e. The average molecular weight is 367 g/mol. The molecular weight excluding hydrogens is 342 g/mol. The number of morpholine rings is 1. The molecule has 0 bridgehead atoms. The van der Waals surface area contributed by atoms with Crippen molar-refractivity contribution in [3.63, 3.8) is 0 Å². The molecule has 0 saturated carbocycles. The molecule has 6 heteroatoms. The minimum Gasteiger partial charge on any atom is -0.488 e. The quantitative estimate of drug-likeness (QED) is 0.853. The molecule has 2 aliphatic rings. The van der Waals surface area contributed by atoms with Gasteiger partial charge >= 0.3 is 6.03 Å². The van der Waals surface area contributed by atoms with Crippen LogP contribution in [0.3, 0.4) is 0 Å². The summed E-state index contributed by atoms with van der Waals surface area (Å²) in [5.41, 5.74) is 3.15. The Hall–Kier alpha value is -2.57. The number of ether oxygens (including phenoxy) is 2. The Morgan fingerprint density at radius 1 is 1.07 bits per heavy atom. The summed E-state index contributed by atoms with van der Waals surface area (Å²) >= 11 is 0. The van der Waals surface area contributed by atoms with Crippen LogP contribution in [0.4, 0.5) is 10.5 Å². The van der Waals surface area contributed by atoms with Gasteiger partial charge in [-0.2, -0.15) is 0 Å². The van der Waals surface area contributed by atoms with E-state index in [4.69, 9.17) is 9.47 Å². The van der Waals surface area contributed by atoms with Gasteiger partial charge < -0.3 is 20.1 Å². The number of rotatable bonds is 5. The number of benzene rings is 2. The highest BCUT2D eigenvalue weighted by atomic mass is 16.5. The fourth-order valence-corrected chi connectivity index (χ4v) is 3.52. The van der Waals surface area contributed by atoms with Crippen molar-refractivity contribution in [3.05, 3.63) is 59.7 Å². The fraction of sp³-hybridized carbons (Fsp3) is 0.381. The van der Waals surface area contributed by atoms with Crippen molar-refractivity contribution < 1.29 is 14.3 Å². The van der Waals surface area contributed by atoms with Crippen LogP contribution in [0.1, 0.15) is 11.1 Å². The molecule has 0 spiro atoms. The molecule has 2 heterocycles. The Morgan fingerprint density at radius 3 is 2.70 bits per heavy atom. The first-order valence-corrected chi connectivity index (χ1v) is 9.45. The van der Waals surface area contributed by atoms with Gasteiger partial charge in [0.25, 0.3) is 0 Å². The zero-order valence-corrected chi connectivity index (χ0v) is 15.3. The number of hydrogen-bond acceptors (Lipinski definition) is 4. The molecule has 2 aromatic carbocycles. The summed E-state index contributed by atoms with van der Waals surface area (Å²) in [7, 11) is 0. The Balaban J connectivity index is 1.29. The molecule has 1 saturated heterocycles. The number of amides is 2. The summed E-state index contributed by atoms with van der Waals surface area (Å²) in [6, 6.07) is 15.7. The molecule has 0 radical (unpaired) electrons. The molecule has 2 aromatic rings. The second-order valence-electron chi connectivity index (χ2n) is 6.93. The zero-order valence-electron chi connectivity index (χ0n) is 15.3. The number of carbonyl (C=O) groups is 1. The molecular formula is C21H25N3O3. The van der Waals surface area contributed by atoms with Crippen LogP contribution >= 0.6 is 0 Å². The van der Waals surface area contributed by atoms with Gasteiger partial charge in [-0.15, -0.1) is 0 Å². The molecule has 0 aliphatic carbocycles. The van der Waals surface area contributed by atoms with Crippen LogP contribution in [-0.4, -0.2) is 49.9 Å². The normalized spacial score (nSPS) is 19.2. The highest BCUT2D eigenvalue weighted by Crippen LogP contribution is 2.27. The van der Waals surface area contributed by atoms with Gasteiger partial charge in [-0.1, -0.05) is 36.4 Å². The number of carbonyl (C=O) groups excluding carboxylic acids is 1. The number of hydrogen-bond donors (Lipinski definition) is 2. The summed E-state index contributed by atoms with van der Waals surface area (Å²) in [4.78, 5) is 14.7. The third-order valence-electron chi connectivity index (χ3n) is 4.97. The summed E-state index contributed by atoms with van der Waals surface area (Å²) in [5.74, 6) is 0.917. The molecule has 2 aliphatic heterocycles. The monoisotopic (exact) mass is 367 g/mol. The van der Waals surface area contributed by atoms with Gasteiger partial charge in [0.15, 0.2) is 0 Å². The Labute approximate surface area is 159 Å². The van der Waals surface area contributed by atoms with Crippen LogP contribution in [0.25, 0.3) is 0 Å². The minimum atomic E-state index is -0.205. The Bertz CT molecular complexity index is 765. The van der Waals surface area contributed by atoms with Crippen molar-refractivity contribution in [2.45, 2.75) is 19.1 Å². The number of urea groups is 1. The number of fused-ring (bicyclic) bond motifs is 1. The number of anilines is 1. The summed E-state index contributed by atoms with van der Waals surface area (Å²) in [6.07, 6.45) is 0.807. The maximum atomic E-state index is 12.4. The molecule has 27 heavy (non-hydrogen) atoms. The van der Waals surface area contributed by atoms with Crippen molar-refractivity contribution in [2.75, 3.05) is 38.2 Å². The Morgan fingerprint density at radius 2 is 1.85 bits per heavy atom. The van der Waals surface area contributed by atoms with Gasteiger partial charge in [-0.3, -0.25) is 4.90 Å². The fourth-order valence-electron chi connectivity index (χ4n) is 3.52. The maximum absolute atomic E-state index is 12.4. The van der Waals surface area contributed by atoms with Gasteiger partial charge in [-0.25, -0.2) is 4.79 Å². The first kappa shape index (κ1) is 17.8. The van der Waals surface area contributed by atoms with E-state index in [1.165, 1.54) is 5.56 Å². The predicted octanol–water partition coefficient (Wildman–Crippen LogP) is 2.64. The van der Waals surface area contributed by atoms with Gasteiger partial charge in [0.2, 0.25) is 0 Å². The standard InChI is InChI=1S/C21H25N3O3/c25-21(22-14-18-13-16-5-2-4-8-20(16)27-18)23-19-7-3-1-6-17(19)15-24-9-11-26-12-10-24/h1-8,18H,9-15H2,(H2,22,23,25). The lowest BCUT2D eigenvalue weighted by Gasteiger charge is -2.27. The van der Waals surface area contributed by atoms with Crippen LogP contribution in [0, 0.1) is 0 Å². The van der Waals surface area contributed by atoms with Crippen molar-refractivity contribution >= 4 is 11.7 Å². The van der Waals surface area contributed by atoms with Crippen LogP contribution in [0.2, 0.25) is 0 Å². The summed E-state index contributed by atoms with van der Waals surface area (Å²) in [5, 5.41) is 5.91. The van der Waals surface area contributed by atoms with Crippen molar-refractivity contribution in [1.82, 2.24) is 10.2 Å². The van der Waals surface area contributed by atoms with Crippen LogP contribution in [0.5, 0.6) is 5.75 Å². The molecule has 2 amide bonds. The van der Waals surface area contributed by atoms with E-state index < -0.39 is 0 Å². The maximum Gasteiger partial charge on any atom is 0.319 e. The lowest BCUT2D eigenvalue weighted by Crippen LogP contribution is -2.38. The second kappa shape index (κ2) is 8.41. The SMILES string of the molecule is O=C(NCC1Cc2ccccc2O1)Nc1ccccc1CN1CCOCC1. The van der Waals surface area contributed by atoms with Crippen LogP contribution in [-0.2, 0) is 17.7 Å². The van der Waals surface area contributed by atoms with E-state index in [-0.39, 0.29) is 12.1 Å². The topological polar surface area (TPSA) is 62.8 Å². The first-order chi connectivity index (χ1) is 13.3. The molecule has 2 N–H and O–H groups in total. The highest BCUT2D eigenvalue weighted by molar-refractivity contribution is 5.90. The van der Waals surface area contributed by atoms with E-state index in [1.807, 2.05) is 36.4 Å². The average Bonchev–Trinajstić information content (AvgIpc) is 3.12. The van der Waals surface area contributed by atoms with Gasteiger partial charge in [0.05, 0.1) is 19.8 Å². The van der Waals surface area contributed by atoms with Crippen molar-refractivity contribution in [2.24, 2.45) is 0 Å². The van der Waals surface area contributed by atoms with Gasteiger partial charge in [0.1, 0.15) is 11.9 Å². The van der Waals surface area contributed by atoms with Crippen molar-refractivity contribution in [3.8, 4) is 5.75 Å². The molecule has 1 atom stereocenters. The molecule has 6 nitrogen and oxygen atoms in total. The number of para-hydroxylation sites is 2. The zero-order chi connectivity index (χ0) is 18.5. The second-order valence-corrected chi connectivity index (χ2v) is 6.93. The third kappa shape index (κ3) is 4.59. The van der Waals surface area contributed by atoms with Gasteiger partial charge in [-0.05, 0) is 23.3 Å². The predicted molar refractivity (Wildman–Crippen MR) is 104 cm³/mol. The van der Waals surface area contributed by atoms with E-state index in [0.717, 1.165) is 56.3 Å². The molecule has 4 rings (SSSR count). The van der Waals surface area contributed by atoms with E-state index in [1.54, 1.807) is 0 Å². The van der Waals surface area contributed by atoms with Crippen molar-refractivity contribution in [1.29, 1.82) is 0 Å². The van der Waals surface area contributed by atoms with E-state index >= 15 is 0 Å².